The van der Waals surface area contributed by atoms with E-state index in [9.17, 15) is 0 Å². The summed E-state index contributed by atoms with van der Waals surface area (Å²) in [5.41, 5.74) is 6.66. The molecule has 6 nitrogen and oxygen atoms in total. The van der Waals surface area contributed by atoms with Crippen LogP contribution in [0.4, 0.5) is 22.7 Å². The first kappa shape index (κ1) is 33.7. The number of aryl methyl sites for hydroxylation is 2. The minimum Gasteiger partial charge on any atom is -0.316 e. The molecular formula is C42H46N6. The first-order valence-electron chi connectivity index (χ1n) is 16.5. The molecule has 0 aromatic heterocycles. The van der Waals surface area contributed by atoms with Crippen LogP contribution in [0.2, 0.25) is 0 Å². The fraction of sp³-hybridized carbons (Fsp3) is 0.190. The predicted molar refractivity (Wildman–Crippen MR) is 209 cm³/mol. The van der Waals surface area contributed by atoms with E-state index in [1.807, 2.05) is 83.2 Å². The van der Waals surface area contributed by atoms with E-state index < -0.39 is 0 Å². The van der Waals surface area contributed by atoms with Crippen LogP contribution in [-0.4, -0.2) is 39.6 Å². The average molecular weight is 635 g/mol. The van der Waals surface area contributed by atoms with Crippen LogP contribution < -0.4 is 19.6 Å². The number of benzene rings is 6. The van der Waals surface area contributed by atoms with Crippen LogP contribution in [-0.2, 0) is 6.42 Å². The molecule has 0 atom stereocenters. The third-order valence-electron chi connectivity index (χ3n) is 8.80. The molecule has 6 rings (SSSR count). The van der Waals surface area contributed by atoms with E-state index in [4.69, 9.17) is 10.8 Å². The second-order valence-electron chi connectivity index (χ2n) is 11.9. The van der Waals surface area contributed by atoms with Gasteiger partial charge >= 0.3 is 0 Å². The minimum absolute atomic E-state index is 0.428. The van der Waals surface area contributed by atoms with Crippen molar-refractivity contribution in [2.24, 2.45) is 0 Å². The third-order valence-corrected chi connectivity index (χ3v) is 8.80. The first-order valence-corrected chi connectivity index (χ1v) is 16.5. The fourth-order valence-electron chi connectivity index (χ4n) is 5.99. The highest BCUT2D eigenvalue weighted by Gasteiger charge is 2.18. The summed E-state index contributed by atoms with van der Waals surface area (Å²) >= 11 is 0. The predicted octanol–water partition coefficient (Wildman–Crippen LogP) is 9.96. The Hall–Kier alpha value is -5.62. The van der Waals surface area contributed by atoms with Crippen LogP contribution in [0, 0.1) is 17.7 Å². The molecule has 0 fully saturated rings. The summed E-state index contributed by atoms with van der Waals surface area (Å²) < 4.78 is 0. The highest BCUT2D eigenvalue weighted by atomic mass is 15.4. The van der Waals surface area contributed by atoms with Crippen molar-refractivity contribution >= 4 is 56.2 Å². The summed E-state index contributed by atoms with van der Waals surface area (Å²) in [5, 5.41) is 22.0. The van der Waals surface area contributed by atoms with Gasteiger partial charge in [0.15, 0.2) is 0 Å². The van der Waals surface area contributed by atoms with Gasteiger partial charge < -0.3 is 19.6 Å². The largest absolute Gasteiger partial charge is 0.316 e. The number of guanidine groups is 2. The Labute approximate surface area is 285 Å². The Morgan fingerprint density at radius 2 is 1.02 bits per heavy atom. The first-order chi connectivity index (χ1) is 23.2. The number of hydrogen-bond acceptors (Lipinski definition) is 2. The van der Waals surface area contributed by atoms with Gasteiger partial charge in [0, 0.05) is 49.8 Å². The van der Waals surface area contributed by atoms with Crippen LogP contribution in [0.15, 0.2) is 133 Å². The SMILES string of the molecule is CCc1cccc(N(C)C(=N)N(CC)c2cccc(C)c2)c1.CN(C(=N)N(C)c1cccc2ccccc12)c1cccc2ccccc12. The summed E-state index contributed by atoms with van der Waals surface area (Å²) in [4.78, 5) is 7.82. The van der Waals surface area contributed by atoms with E-state index in [1.165, 1.54) is 21.9 Å². The van der Waals surface area contributed by atoms with E-state index in [-0.39, 0.29) is 0 Å². The van der Waals surface area contributed by atoms with Crippen molar-refractivity contribution in [2.45, 2.75) is 27.2 Å². The van der Waals surface area contributed by atoms with Gasteiger partial charge in [-0.3, -0.25) is 10.8 Å². The van der Waals surface area contributed by atoms with Crippen molar-refractivity contribution in [2.75, 3.05) is 47.3 Å². The maximum absolute atomic E-state index is 8.78. The zero-order chi connectivity index (χ0) is 34.2. The highest BCUT2D eigenvalue weighted by molar-refractivity contribution is 6.12. The number of anilines is 4. The van der Waals surface area contributed by atoms with Crippen molar-refractivity contribution < 1.29 is 0 Å². The van der Waals surface area contributed by atoms with Crippen LogP contribution in [0.5, 0.6) is 0 Å². The van der Waals surface area contributed by atoms with Crippen molar-refractivity contribution in [1.29, 1.82) is 10.8 Å². The Morgan fingerprint density at radius 3 is 1.56 bits per heavy atom. The molecule has 0 amide bonds. The average Bonchev–Trinajstić information content (AvgIpc) is 3.13. The maximum atomic E-state index is 8.78. The Kier molecular flexibility index (Phi) is 10.8. The minimum atomic E-state index is 0.428. The zero-order valence-electron chi connectivity index (χ0n) is 28.9. The molecule has 0 saturated carbocycles. The zero-order valence-corrected chi connectivity index (χ0v) is 28.9. The molecule has 0 saturated heterocycles. The molecule has 0 bridgehead atoms. The van der Waals surface area contributed by atoms with Crippen molar-refractivity contribution in [3.05, 3.63) is 145 Å². The second-order valence-corrected chi connectivity index (χ2v) is 11.9. The molecule has 244 valence electrons. The normalized spacial score (nSPS) is 10.6. The molecule has 0 aliphatic carbocycles. The molecule has 0 aliphatic rings. The quantitative estimate of drug-likeness (QED) is 0.141. The lowest BCUT2D eigenvalue weighted by atomic mass is 10.1. The van der Waals surface area contributed by atoms with E-state index in [0.717, 1.165) is 46.5 Å². The van der Waals surface area contributed by atoms with Gasteiger partial charge in [-0.15, -0.1) is 0 Å². The van der Waals surface area contributed by atoms with Gasteiger partial charge in [-0.2, -0.15) is 0 Å². The van der Waals surface area contributed by atoms with Crippen molar-refractivity contribution in [3.8, 4) is 0 Å². The smallest absolute Gasteiger partial charge is 0.202 e. The van der Waals surface area contributed by atoms with Gasteiger partial charge in [-0.1, -0.05) is 104 Å². The van der Waals surface area contributed by atoms with Crippen LogP contribution in [0.3, 0.4) is 0 Å². The van der Waals surface area contributed by atoms with E-state index in [0.29, 0.717) is 11.9 Å². The molecule has 6 aromatic rings. The lowest BCUT2D eigenvalue weighted by molar-refractivity contribution is 1.00. The van der Waals surface area contributed by atoms with Crippen LogP contribution >= 0.6 is 0 Å². The summed E-state index contributed by atoms with van der Waals surface area (Å²) in [5.74, 6) is 0.916. The number of rotatable bonds is 6. The van der Waals surface area contributed by atoms with Crippen molar-refractivity contribution in [1.82, 2.24) is 0 Å². The van der Waals surface area contributed by atoms with E-state index in [1.54, 1.807) is 0 Å². The Morgan fingerprint density at radius 1 is 0.521 bits per heavy atom. The molecule has 0 unspecified atom stereocenters. The van der Waals surface area contributed by atoms with Gasteiger partial charge in [0.25, 0.3) is 0 Å². The van der Waals surface area contributed by atoms with Crippen molar-refractivity contribution in [3.63, 3.8) is 0 Å². The molecule has 6 aromatic carbocycles. The summed E-state index contributed by atoms with van der Waals surface area (Å²) in [6.45, 7) is 7.07. The van der Waals surface area contributed by atoms with Gasteiger partial charge in [0.1, 0.15) is 0 Å². The highest BCUT2D eigenvalue weighted by Crippen LogP contribution is 2.30. The lowest BCUT2D eigenvalue weighted by Crippen LogP contribution is -2.42. The lowest BCUT2D eigenvalue weighted by Gasteiger charge is -2.30. The van der Waals surface area contributed by atoms with Crippen LogP contribution in [0.1, 0.15) is 25.0 Å². The van der Waals surface area contributed by atoms with Gasteiger partial charge in [-0.05, 0) is 78.6 Å². The maximum Gasteiger partial charge on any atom is 0.202 e. The topological polar surface area (TPSA) is 60.7 Å². The Balaban J connectivity index is 0.000000191. The molecule has 0 aliphatic heterocycles. The summed E-state index contributed by atoms with van der Waals surface area (Å²) in [7, 11) is 5.85. The molecular weight excluding hydrogens is 589 g/mol. The standard InChI is InChI=1S/C23H21N3.C19H25N3/c1-25(21-15-7-11-17-9-3-5-13-19(17)21)23(24)26(2)22-16-8-12-18-10-4-6-14-20(18)22;1-5-16-10-8-11-17(14-16)21(4)19(20)22(6-2)18-12-7-9-15(3)13-18/h3-16,24H,1-2H3;7-14,20H,5-6H2,1-4H3. The molecule has 0 heterocycles. The van der Waals surface area contributed by atoms with Gasteiger partial charge in [0.05, 0.1) is 11.4 Å². The number of nitrogens with zero attached hydrogens (tertiary/aromatic N) is 4. The van der Waals surface area contributed by atoms with Gasteiger partial charge in [0.2, 0.25) is 11.9 Å². The fourth-order valence-corrected chi connectivity index (χ4v) is 5.99. The number of hydrogen-bond donors (Lipinski definition) is 2. The molecule has 2 N–H and O–H groups in total. The molecule has 0 spiro atoms. The monoisotopic (exact) mass is 634 g/mol. The number of fused-ring (bicyclic) bond motifs is 2. The third kappa shape index (κ3) is 7.34. The molecule has 6 heteroatoms. The summed E-state index contributed by atoms with van der Waals surface area (Å²) in [6.07, 6.45) is 1.00. The molecule has 48 heavy (non-hydrogen) atoms. The van der Waals surface area contributed by atoms with E-state index >= 15 is 0 Å². The molecule has 0 radical (unpaired) electrons. The summed E-state index contributed by atoms with van der Waals surface area (Å²) in [6, 6.07) is 45.7. The number of nitrogens with one attached hydrogen (secondary N) is 2. The van der Waals surface area contributed by atoms with E-state index in [2.05, 4.69) is 112 Å². The Bertz CT molecular complexity index is 1930. The second kappa shape index (κ2) is 15.3. The van der Waals surface area contributed by atoms with Gasteiger partial charge in [-0.25, -0.2) is 0 Å². The van der Waals surface area contributed by atoms with Crippen LogP contribution in [0.25, 0.3) is 21.5 Å².